The Kier molecular flexibility index (Phi) is 8.89. The lowest BCUT2D eigenvalue weighted by Crippen LogP contribution is -2.24. The highest BCUT2D eigenvalue weighted by Gasteiger charge is 2.17. The van der Waals surface area contributed by atoms with Crippen LogP contribution in [0.3, 0.4) is 0 Å². The molecule has 1 aromatic heterocycles. The first-order chi connectivity index (χ1) is 10.0. The third-order valence-electron chi connectivity index (χ3n) is 3.17. The monoisotopic (exact) mass is 350 g/mol. The highest BCUT2D eigenvalue weighted by Crippen LogP contribution is 2.25. The predicted octanol–water partition coefficient (Wildman–Crippen LogP) is 2.98. The number of thioether (sulfide) groups is 1. The van der Waals surface area contributed by atoms with Gasteiger partial charge in [0.05, 0.1) is 0 Å². The number of hydrogen-bond donors (Lipinski definition) is 2. The van der Waals surface area contributed by atoms with Crippen molar-refractivity contribution in [3.63, 3.8) is 0 Å². The summed E-state index contributed by atoms with van der Waals surface area (Å²) in [5.41, 5.74) is 1.03. The lowest BCUT2D eigenvalue weighted by molar-refractivity contribution is 0.576. The van der Waals surface area contributed by atoms with Crippen LogP contribution in [0.25, 0.3) is 0 Å². The SMILES string of the molecule is CNCc1sc(S(=O)(=O)NCCCCCCSC)cc1C. The van der Waals surface area contributed by atoms with Crippen molar-refractivity contribution in [1.29, 1.82) is 0 Å². The Morgan fingerprint density at radius 2 is 1.95 bits per heavy atom. The zero-order valence-electron chi connectivity index (χ0n) is 13.1. The van der Waals surface area contributed by atoms with Gasteiger partial charge in [-0.2, -0.15) is 11.8 Å². The van der Waals surface area contributed by atoms with Gasteiger partial charge in [0.2, 0.25) is 10.0 Å². The molecule has 4 nitrogen and oxygen atoms in total. The van der Waals surface area contributed by atoms with Crippen molar-refractivity contribution in [2.24, 2.45) is 0 Å². The van der Waals surface area contributed by atoms with E-state index in [0.29, 0.717) is 17.3 Å². The summed E-state index contributed by atoms with van der Waals surface area (Å²) >= 11 is 3.21. The fourth-order valence-corrected chi connectivity index (χ4v) is 5.17. The molecule has 0 bridgehead atoms. The Bertz CT molecular complexity index is 512. The summed E-state index contributed by atoms with van der Waals surface area (Å²) in [7, 11) is -1.48. The van der Waals surface area contributed by atoms with Gasteiger partial charge in [-0.15, -0.1) is 11.3 Å². The molecular weight excluding hydrogens is 324 g/mol. The van der Waals surface area contributed by atoms with Crippen molar-refractivity contribution in [3.05, 3.63) is 16.5 Å². The molecule has 0 spiro atoms. The summed E-state index contributed by atoms with van der Waals surface area (Å²) in [4.78, 5) is 1.08. The fourth-order valence-electron chi connectivity index (χ4n) is 1.96. The third-order valence-corrected chi connectivity index (χ3v) is 7.04. The number of thiophene rings is 1. The van der Waals surface area contributed by atoms with Crippen LogP contribution in [0.5, 0.6) is 0 Å². The van der Waals surface area contributed by atoms with Gasteiger partial charge in [-0.05, 0) is 50.5 Å². The maximum atomic E-state index is 12.2. The van der Waals surface area contributed by atoms with Crippen LogP contribution in [-0.2, 0) is 16.6 Å². The molecule has 0 aliphatic heterocycles. The molecule has 0 aromatic carbocycles. The second-order valence-corrected chi connectivity index (χ2v) is 9.12. The summed E-state index contributed by atoms with van der Waals surface area (Å²) in [5, 5.41) is 3.06. The minimum atomic E-state index is -3.34. The van der Waals surface area contributed by atoms with Gasteiger partial charge in [-0.1, -0.05) is 12.8 Å². The van der Waals surface area contributed by atoms with E-state index in [0.717, 1.165) is 23.3 Å². The second-order valence-electron chi connectivity index (χ2n) is 5.01. The first-order valence-corrected chi connectivity index (χ1v) is 10.9. The van der Waals surface area contributed by atoms with Gasteiger partial charge < -0.3 is 5.32 Å². The largest absolute Gasteiger partial charge is 0.315 e. The molecule has 0 saturated carbocycles. The minimum absolute atomic E-state index is 0.424. The number of rotatable bonds is 11. The molecule has 0 saturated heterocycles. The van der Waals surface area contributed by atoms with Gasteiger partial charge in [0, 0.05) is 18.0 Å². The number of hydrogen-bond acceptors (Lipinski definition) is 5. The van der Waals surface area contributed by atoms with Crippen LogP contribution < -0.4 is 10.0 Å². The lowest BCUT2D eigenvalue weighted by atomic mass is 10.2. The Morgan fingerprint density at radius 3 is 2.62 bits per heavy atom. The van der Waals surface area contributed by atoms with E-state index < -0.39 is 10.0 Å². The molecule has 1 aromatic rings. The lowest BCUT2D eigenvalue weighted by Gasteiger charge is -2.04. The Hall–Kier alpha value is -0.0800. The minimum Gasteiger partial charge on any atom is -0.315 e. The molecule has 0 fully saturated rings. The van der Waals surface area contributed by atoms with Crippen LogP contribution in [0.4, 0.5) is 0 Å². The first kappa shape index (κ1) is 19.0. The van der Waals surface area contributed by atoms with E-state index in [1.54, 1.807) is 6.07 Å². The molecule has 0 amide bonds. The van der Waals surface area contributed by atoms with Gasteiger partial charge in [-0.3, -0.25) is 0 Å². The molecule has 1 rings (SSSR count). The molecule has 1 heterocycles. The highest BCUT2D eigenvalue weighted by atomic mass is 32.2. The van der Waals surface area contributed by atoms with Crippen LogP contribution in [0.15, 0.2) is 10.3 Å². The van der Waals surface area contributed by atoms with Crippen LogP contribution in [-0.4, -0.2) is 34.0 Å². The summed E-state index contributed by atoms with van der Waals surface area (Å²) < 4.78 is 27.6. The number of sulfonamides is 1. The molecule has 122 valence electrons. The quantitative estimate of drug-likeness (QED) is 0.602. The molecule has 0 radical (unpaired) electrons. The standard InChI is InChI=1S/C14H26N2O2S3/c1-12-10-14(20-13(12)11-15-2)21(17,18)16-8-6-4-5-7-9-19-3/h10,15-16H,4-9,11H2,1-3H3. The van der Waals surface area contributed by atoms with Gasteiger partial charge >= 0.3 is 0 Å². The second kappa shape index (κ2) is 9.84. The molecule has 7 heteroatoms. The molecule has 0 unspecified atom stereocenters. The molecule has 2 N–H and O–H groups in total. The fraction of sp³-hybridized carbons (Fsp3) is 0.714. The maximum absolute atomic E-state index is 12.2. The van der Waals surface area contributed by atoms with Crippen molar-refractivity contribution >= 4 is 33.1 Å². The van der Waals surface area contributed by atoms with Gasteiger partial charge in [0.25, 0.3) is 0 Å². The Balaban J connectivity index is 2.41. The van der Waals surface area contributed by atoms with Crippen molar-refractivity contribution < 1.29 is 8.42 Å². The van der Waals surface area contributed by atoms with Crippen LogP contribution >= 0.6 is 23.1 Å². The highest BCUT2D eigenvalue weighted by molar-refractivity contribution is 7.98. The van der Waals surface area contributed by atoms with E-state index in [9.17, 15) is 8.42 Å². The van der Waals surface area contributed by atoms with Gasteiger partial charge in [0.15, 0.2) is 0 Å². The van der Waals surface area contributed by atoms with E-state index in [4.69, 9.17) is 0 Å². The van der Waals surface area contributed by atoms with Crippen LogP contribution in [0.1, 0.15) is 36.1 Å². The van der Waals surface area contributed by atoms with E-state index >= 15 is 0 Å². The van der Waals surface area contributed by atoms with Crippen molar-refractivity contribution in [3.8, 4) is 0 Å². The predicted molar refractivity (Wildman–Crippen MR) is 93.9 cm³/mol. The average molecular weight is 351 g/mol. The molecule has 0 atom stereocenters. The summed E-state index contributed by atoms with van der Waals surface area (Å²) in [6.45, 7) is 3.19. The summed E-state index contributed by atoms with van der Waals surface area (Å²) in [5.74, 6) is 1.19. The van der Waals surface area contributed by atoms with E-state index in [1.807, 2.05) is 25.7 Å². The molecular formula is C14H26N2O2S3. The van der Waals surface area contributed by atoms with E-state index in [1.165, 1.54) is 29.9 Å². The number of unbranched alkanes of at least 4 members (excludes halogenated alkanes) is 3. The van der Waals surface area contributed by atoms with Crippen molar-refractivity contribution in [2.75, 3.05) is 25.6 Å². The van der Waals surface area contributed by atoms with Gasteiger partial charge in [0.1, 0.15) is 4.21 Å². The van der Waals surface area contributed by atoms with E-state index in [-0.39, 0.29) is 0 Å². The number of nitrogens with one attached hydrogen (secondary N) is 2. The third kappa shape index (κ3) is 6.69. The normalized spacial score (nSPS) is 12.0. The summed E-state index contributed by atoms with van der Waals surface area (Å²) in [6, 6.07) is 1.76. The van der Waals surface area contributed by atoms with Crippen LogP contribution in [0, 0.1) is 6.92 Å². The number of aryl methyl sites for hydroxylation is 1. The summed E-state index contributed by atoms with van der Waals surface area (Å²) in [6.07, 6.45) is 6.48. The van der Waals surface area contributed by atoms with Crippen molar-refractivity contribution in [2.45, 2.75) is 43.4 Å². The zero-order chi connectivity index (χ0) is 15.7. The molecule has 0 aliphatic rings. The molecule has 0 aliphatic carbocycles. The van der Waals surface area contributed by atoms with Crippen molar-refractivity contribution in [1.82, 2.24) is 10.0 Å². The average Bonchev–Trinajstić information content (AvgIpc) is 2.81. The zero-order valence-corrected chi connectivity index (χ0v) is 15.5. The van der Waals surface area contributed by atoms with Crippen LogP contribution in [0.2, 0.25) is 0 Å². The van der Waals surface area contributed by atoms with Gasteiger partial charge in [-0.25, -0.2) is 13.1 Å². The topological polar surface area (TPSA) is 58.2 Å². The smallest absolute Gasteiger partial charge is 0.250 e. The van der Waals surface area contributed by atoms with E-state index in [2.05, 4.69) is 16.3 Å². The Labute approximate surface area is 137 Å². The maximum Gasteiger partial charge on any atom is 0.250 e. The Morgan fingerprint density at radius 1 is 1.24 bits per heavy atom. The molecule has 21 heavy (non-hydrogen) atoms. The first-order valence-electron chi connectivity index (χ1n) is 7.23.